The number of hydrogen-bond donors (Lipinski definition) is 1. The highest BCUT2D eigenvalue weighted by Gasteiger charge is 2.38. The van der Waals surface area contributed by atoms with Crippen LogP contribution in [0.1, 0.15) is 48.7 Å². The van der Waals surface area contributed by atoms with E-state index in [0.717, 1.165) is 38.0 Å². The molecule has 1 saturated heterocycles. The lowest BCUT2D eigenvalue weighted by molar-refractivity contribution is -0.121. The van der Waals surface area contributed by atoms with Gasteiger partial charge in [0.05, 0.1) is 5.56 Å². The Morgan fingerprint density at radius 1 is 1.17 bits per heavy atom. The van der Waals surface area contributed by atoms with Crippen molar-refractivity contribution in [3.05, 3.63) is 71.3 Å². The molecule has 3 rings (SSSR count). The zero-order chi connectivity index (χ0) is 21.0. The molecule has 0 spiro atoms. The molecule has 1 heterocycles. The van der Waals surface area contributed by atoms with E-state index in [4.69, 9.17) is 0 Å². The fraction of sp³-hybridized carbons (Fsp3) is 0.440. The Bertz CT molecular complexity index is 863. The Labute approximate surface area is 173 Å². The summed E-state index contributed by atoms with van der Waals surface area (Å²) in [6, 6.07) is 17.6. The minimum Gasteiger partial charge on any atom is -0.478 e. The van der Waals surface area contributed by atoms with Crippen molar-refractivity contribution in [3.63, 3.8) is 0 Å². The van der Waals surface area contributed by atoms with Crippen LogP contribution in [0, 0.1) is 11.8 Å². The third-order valence-electron chi connectivity index (χ3n) is 6.71. The van der Waals surface area contributed by atoms with Gasteiger partial charge in [0, 0.05) is 19.0 Å². The zero-order valence-corrected chi connectivity index (χ0v) is 17.6. The van der Waals surface area contributed by atoms with E-state index in [1.807, 2.05) is 36.4 Å². The summed E-state index contributed by atoms with van der Waals surface area (Å²) in [5.74, 6) is -0.274. The topological polar surface area (TPSA) is 57.6 Å². The van der Waals surface area contributed by atoms with E-state index in [2.05, 4.69) is 30.9 Å². The number of carbonyl (C=O) groups excluding carboxylic acids is 1. The van der Waals surface area contributed by atoms with Crippen molar-refractivity contribution < 1.29 is 14.7 Å². The minimum atomic E-state index is -0.884. The first-order chi connectivity index (χ1) is 13.8. The van der Waals surface area contributed by atoms with Crippen molar-refractivity contribution in [1.29, 1.82) is 0 Å². The number of hydrogen-bond acceptors (Lipinski definition) is 3. The van der Waals surface area contributed by atoms with Crippen LogP contribution in [0.2, 0.25) is 0 Å². The van der Waals surface area contributed by atoms with Gasteiger partial charge >= 0.3 is 5.97 Å². The number of ketones is 1. The van der Waals surface area contributed by atoms with Crippen LogP contribution < -0.4 is 0 Å². The van der Waals surface area contributed by atoms with E-state index < -0.39 is 5.97 Å². The van der Waals surface area contributed by atoms with Gasteiger partial charge in [0.2, 0.25) is 0 Å². The average molecular weight is 394 g/mol. The van der Waals surface area contributed by atoms with Crippen LogP contribution in [0.5, 0.6) is 0 Å². The molecule has 154 valence electrons. The number of nitrogens with zero attached hydrogens (tertiary/aromatic N) is 1. The standard InChI is InChI=1S/C25H31NO3/c1-18-16-26(17-22(19(2)27)14-20-8-5-4-6-9-20)13-12-25(18,3)23-11-7-10-21(15-23)24(28)29/h4-11,15,18,22H,12-14,16-17H2,1-3H3,(H,28,29)/t18?,22?,25-/m1/s1. The van der Waals surface area contributed by atoms with Crippen LogP contribution in [0.4, 0.5) is 0 Å². The van der Waals surface area contributed by atoms with Crippen LogP contribution in [-0.4, -0.2) is 41.4 Å². The molecule has 2 aromatic rings. The molecule has 0 aliphatic carbocycles. The predicted molar refractivity (Wildman–Crippen MR) is 115 cm³/mol. The van der Waals surface area contributed by atoms with E-state index >= 15 is 0 Å². The molecule has 0 saturated carbocycles. The first kappa shape index (κ1) is 21.3. The highest BCUT2D eigenvalue weighted by Crippen LogP contribution is 2.39. The van der Waals surface area contributed by atoms with Crippen molar-refractivity contribution in [2.75, 3.05) is 19.6 Å². The molecule has 0 radical (unpaired) electrons. The number of carboxylic acids is 1. The fourth-order valence-corrected chi connectivity index (χ4v) is 4.47. The molecule has 1 aliphatic rings. The SMILES string of the molecule is CC(=O)C(Cc1ccccc1)CN1CC[C@@](C)(c2cccc(C(=O)O)c2)C(C)C1. The average Bonchev–Trinajstić information content (AvgIpc) is 2.71. The third-order valence-corrected chi connectivity index (χ3v) is 6.71. The molecule has 29 heavy (non-hydrogen) atoms. The maximum absolute atomic E-state index is 12.3. The summed E-state index contributed by atoms with van der Waals surface area (Å²) < 4.78 is 0. The van der Waals surface area contributed by atoms with Crippen LogP contribution >= 0.6 is 0 Å². The van der Waals surface area contributed by atoms with E-state index in [-0.39, 0.29) is 17.1 Å². The van der Waals surface area contributed by atoms with Gasteiger partial charge in [0.25, 0.3) is 0 Å². The number of benzene rings is 2. The molecule has 1 aliphatic heterocycles. The largest absolute Gasteiger partial charge is 0.478 e. The highest BCUT2D eigenvalue weighted by molar-refractivity contribution is 5.87. The lowest BCUT2D eigenvalue weighted by Gasteiger charge is -2.46. The number of aromatic carboxylic acids is 1. The molecule has 4 nitrogen and oxygen atoms in total. The number of piperidine rings is 1. The second kappa shape index (κ2) is 8.91. The summed E-state index contributed by atoms with van der Waals surface area (Å²) in [6.45, 7) is 8.77. The molecule has 3 atom stereocenters. The minimum absolute atomic E-state index is 0.00398. The second-order valence-electron chi connectivity index (χ2n) is 8.71. The Balaban J connectivity index is 1.69. The molecule has 1 fully saturated rings. The number of carboxylic acid groups (broad SMARTS) is 1. The van der Waals surface area contributed by atoms with Gasteiger partial charge in [0.15, 0.2) is 0 Å². The second-order valence-corrected chi connectivity index (χ2v) is 8.71. The van der Waals surface area contributed by atoms with Crippen LogP contribution in [0.3, 0.4) is 0 Å². The van der Waals surface area contributed by atoms with Crippen LogP contribution in [-0.2, 0) is 16.6 Å². The van der Waals surface area contributed by atoms with Gasteiger partial charge in [-0.15, -0.1) is 0 Å². The fourth-order valence-electron chi connectivity index (χ4n) is 4.47. The van der Waals surface area contributed by atoms with E-state index in [9.17, 15) is 14.7 Å². The lowest BCUT2D eigenvalue weighted by Crippen LogP contribution is -2.49. The van der Waals surface area contributed by atoms with Crippen molar-refractivity contribution in [2.24, 2.45) is 11.8 Å². The Morgan fingerprint density at radius 3 is 2.52 bits per heavy atom. The van der Waals surface area contributed by atoms with Crippen LogP contribution in [0.15, 0.2) is 54.6 Å². The molecule has 2 unspecified atom stereocenters. The first-order valence-corrected chi connectivity index (χ1v) is 10.4. The maximum Gasteiger partial charge on any atom is 0.335 e. The number of likely N-dealkylation sites (tertiary alicyclic amines) is 1. The summed E-state index contributed by atoms with van der Waals surface area (Å²) in [5.41, 5.74) is 2.58. The highest BCUT2D eigenvalue weighted by atomic mass is 16.4. The van der Waals surface area contributed by atoms with Crippen molar-refractivity contribution in [1.82, 2.24) is 4.90 Å². The summed E-state index contributed by atoms with van der Waals surface area (Å²) in [5, 5.41) is 9.33. The number of Topliss-reactive ketones (excluding diaryl/α,β-unsaturated/α-hetero) is 1. The van der Waals surface area contributed by atoms with Crippen LogP contribution in [0.25, 0.3) is 0 Å². The summed E-state index contributed by atoms with van der Waals surface area (Å²) >= 11 is 0. The normalized spacial score (nSPS) is 23.5. The number of rotatable bonds is 7. The maximum atomic E-state index is 12.3. The molecule has 0 aromatic heterocycles. The predicted octanol–water partition coefficient (Wildman–Crippen LogP) is 4.43. The molecular formula is C25H31NO3. The quantitative estimate of drug-likeness (QED) is 0.756. The summed E-state index contributed by atoms with van der Waals surface area (Å²) in [6.07, 6.45) is 1.73. The van der Waals surface area contributed by atoms with Gasteiger partial charge in [-0.25, -0.2) is 4.79 Å². The van der Waals surface area contributed by atoms with Gasteiger partial charge in [-0.1, -0.05) is 56.3 Å². The summed E-state index contributed by atoms with van der Waals surface area (Å²) in [7, 11) is 0. The molecular weight excluding hydrogens is 362 g/mol. The van der Waals surface area contributed by atoms with Crippen molar-refractivity contribution in [3.8, 4) is 0 Å². The van der Waals surface area contributed by atoms with Crippen molar-refractivity contribution in [2.45, 2.75) is 39.0 Å². The van der Waals surface area contributed by atoms with Gasteiger partial charge in [-0.05, 0) is 60.9 Å². The Kier molecular flexibility index (Phi) is 6.53. The molecule has 4 heteroatoms. The van der Waals surface area contributed by atoms with E-state index in [0.29, 0.717) is 11.5 Å². The third kappa shape index (κ3) is 4.94. The van der Waals surface area contributed by atoms with Gasteiger partial charge < -0.3 is 10.0 Å². The molecule has 1 N–H and O–H groups in total. The number of carbonyl (C=O) groups is 2. The van der Waals surface area contributed by atoms with Gasteiger partial charge in [-0.3, -0.25) is 4.79 Å². The van der Waals surface area contributed by atoms with E-state index in [1.54, 1.807) is 13.0 Å². The lowest BCUT2D eigenvalue weighted by atomic mass is 9.67. The molecule has 2 aromatic carbocycles. The van der Waals surface area contributed by atoms with Gasteiger partial charge in [-0.2, -0.15) is 0 Å². The molecule has 0 bridgehead atoms. The zero-order valence-electron chi connectivity index (χ0n) is 17.6. The van der Waals surface area contributed by atoms with Crippen molar-refractivity contribution >= 4 is 11.8 Å². The summed E-state index contributed by atoms with van der Waals surface area (Å²) in [4.78, 5) is 26.0. The molecule has 0 amide bonds. The monoisotopic (exact) mass is 393 g/mol. The smallest absolute Gasteiger partial charge is 0.335 e. The van der Waals surface area contributed by atoms with Gasteiger partial charge in [0.1, 0.15) is 5.78 Å². The van der Waals surface area contributed by atoms with E-state index in [1.165, 1.54) is 5.56 Å². The Hall–Kier alpha value is -2.46. The first-order valence-electron chi connectivity index (χ1n) is 10.4. The Morgan fingerprint density at radius 2 is 1.90 bits per heavy atom.